The molecule has 2 aromatic carbocycles. The lowest BCUT2D eigenvalue weighted by molar-refractivity contribution is 0.0956. The smallest absolute Gasteiger partial charge is 0.253 e. The number of nitrogens with zero attached hydrogens (tertiary/aromatic N) is 3. The van der Waals surface area contributed by atoms with E-state index in [1.165, 1.54) is 31.4 Å². The van der Waals surface area contributed by atoms with Gasteiger partial charge in [-0.1, -0.05) is 51.1 Å². The summed E-state index contributed by atoms with van der Waals surface area (Å²) in [7, 11) is 0. The van der Waals surface area contributed by atoms with Gasteiger partial charge in [0, 0.05) is 37.8 Å². The van der Waals surface area contributed by atoms with Crippen LogP contribution in [0.4, 0.5) is 0 Å². The molecule has 2 fully saturated rings. The van der Waals surface area contributed by atoms with E-state index in [2.05, 4.69) is 59.8 Å². The summed E-state index contributed by atoms with van der Waals surface area (Å²) in [5.41, 5.74) is 5.94. The normalized spacial score (nSPS) is 26.8. The Balaban J connectivity index is 1.28. The summed E-state index contributed by atoms with van der Waals surface area (Å²) < 4.78 is 2.20. The van der Waals surface area contributed by atoms with Gasteiger partial charge in [-0.2, -0.15) is 0 Å². The number of benzene rings is 2. The number of carbonyl (C=O) groups is 1. The standard InChI is InChI=1S/C27H32N4O/c1-26(2)13-20-14-27(3,16-26)17-30(20)15-18-7-9-19(10-8-18)24-29-22-6-4-5-21-23(22)31(24)12-11-28-25(21)32/h4-10,20H,11-17H2,1-3H3,(H,28,32). The van der Waals surface area contributed by atoms with Gasteiger partial charge in [0.15, 0.2) is 0 Å². The number of carbonyl (C=O) groups excluding carboxylic acids is 1. The van der Waals surface area contributed by atoms with Gasteiger partial charge in [-0.3, -0.25) is 9.69 Å². The van der Waals surface area contributed by atoms with Crippen LogP contribution in [0.25, 0.3) is 22.4 Å². The molecule has 1 amide bonds. The van der Waals surface area contributed by atoms with Gasteiger partial charge in [0.25, 0.3) is 5.91 Å². The minimum absolute atomic E-state index is 0.0103. The molecule has 3 aromatic rings. The lowest BCUT2D eigenvalue weighted by Gasteiger charge is -2.40. The summed E-state index contributed by atoms with van der Waals surface area (Å²) in [6.07, 6.45) is 3.98. The number of nitrogens with one attached hydrogen (secondary N) is 1. The van der Waals surface area contributed by atoms with E-state index >= 15 is 0 Å². The first-order chi connectivity index (χ1) is 15.3. The summed E-state index contributed by atoms with van der Waals surface area (Å²) in [6, 6.07) is 15.4. The molecule has 1 aromatic heterocycles. The number of likely N-dealkylation sites (tertiary alicyclic amines) is 1. The lowest BCUT2D eigenvalue weighted by Crippen LogP contribution is -2.34. The summed E-state index contributed by atoms with van der Waals surface area (Å²) in [5, 5.41) is 3.00. The average Bonchev–Trinajstić information content (AvgIpc) is 3.14. The van der Waals surface area contributed by atoms with Crippen molar-refractivity contribution >= 4 is 16.9 Å². The van der Waals surface area contributed by atoms with E-state index in [-0.39, 0.29) is 5.91 Å². The highest BCUT2D eigenvalue weighted by atomic mass is 16.1. The van der Waals surface area contributed by atoms with E-state index in [4.69, 9.17) is 4.98 Å². The molecule has 5 heteroatoms. The molecular formula is C27H32N4O. The molecule has 2 bridgehead atoms. The monoisotopic (exact) mass is 428 g/mol. The van der Waals surface area contributed by atoms with Crippen LogP contribution in [0.3, 0.4) is 0 Å². The number of hydrogen-bond acceptors (Lipinski definition) is 3. The Kier molecular flexibility index (Phi) is 4.32. The first kappa shape index (κ1) is 20.0. The number of imidazole rings is 1. The van der Waals surface area contributed by atoms with Crippen molar-refractivity contribution in [3.8, 4) is 11.4 Å². The van der Waals surface area contributed by atoms with Gasteiger partial charge < -0.3 is 9.88 Å². The minimum Gasteiger partial charge on any atom is -0.350 e. The third kappa shape index (κ3) is 3.25. The van der Waals surface area contributed by atoms with Gasteiger partial charge >= 0.3 is 0 Å². The molecule has 1 aliphatic carbocycles. The Hall–Kier alpha value is -2.66. The highest BCUT2D eigenvalue weighted by Crippen LogP contribution is 2.52. The molecule has 2 unspecified atom stereocenters. The average molecular weight is 429 g/mol. The van der Waals surface area contributed by atoms with Crippen molar-refractivity contribution in [1.82, 2.24) is 19.8 Å². The van der Waals surface area contributed by atoms with Gasteiger partial charge in [-0.25, -0.2) is 4.98 Å². The van der Waals surface area contributed by atoms with Crippen molar-refractivity contribution < 1.29 is 4.79 Å². The summed E-state index contributed by atoms with van der Waals surface area (Å²) in [4.78, 5) is 20.0. The van der Waals surface area contributed by atoms with E-state index < -0.39 is 0 Å². The van der Waals surface area contributed by atoms with Gasteiger partial charge in [0.2, 0.25) is 0 Å². The number of aromatic nitrogens is 2. The molecule has 2 atom stereocenters. The zero-order chi connectivity index (χ0) is 22.1. The van der Waals surface area contributed by atoms with Crippen LogP contribution in [0.1, 0.15) is 56.0 Å². The molecule has 0 spiro atoms. The number of amides is 1. The van der Waals surface area contributed by atoms with E-state index in [0.717, 1.165) is 35.5 Å². The van der Waals surface area contributed by atoms with Crippen LogP contribution in [0, 0.1) is 10.8 Å². The lowest BCUT2D eigenvalue weighted by atomic mass is 9.65. The van der Waals surface area contributed by atoms with Crippen molar-refractivity contribution in [1.29, 1.82) is 0 Å². The van der Waals surface area contributed by atoms with E-state index in [0.29, 0.717) is 29.0 Å². The highest BCUT2D eigenvalue weighted by Gasteiger charge is 2.49. The van der Waals surface area contributed by atoms with Gasteiger partial charge in [0.1, 0.15) is 5.82 Å². The Morgan fingerprint density at radius 3 is 2.72 bits per heavy atom. The van der Waals surface area contributed by atoms with Gasteiger partial charge in [-0.05, 0) is 47.8 Å². The molecule has 1 saturated heterocycles. The zero-order valence-corrected chi connectivity index (χ0v) is 19.3. The SMILES string of the molecule is CC1(C)CC2CC(C)(CN2Cc2ccc(-c3nc4cccc5c4n3CCNC5=O)cc2)C1. The summed E-state index contributed by atoms with van der Waals surface area (Å²) in [5.74, 6) is 0.936. The number of hydrogen-bond donors (Lipinski definition) is 1. The minimum atomic E-state index is -0.0103. The maximum absolute atomic E-state index is 12.4. The third-order valence-electron chi connectivity index (χ3n) is 7.75. The predicted octanol–water partition coefficient (Wildman–Crippen LogP) is 4.85. The van der Waals surface area contributed by atoms with Crippen molar-refractivity contribution in [3.05, 3.63) is 53.6 Å². The fourth-order valence-corrected chi connectivity index (χ4v) is 6.94. The zero-order valence-electron chi connectivity index (χ0n) is 19.3. The second kappa shape index (κ2) is 6.92. The number of para-hydroxylation sites is 1. The Morgan fingerprint density at radius 2 is 1.91 bits per heavy atom. The van der Waals surface area contributed by atoms with Crippen molar-refractivity contribution in [2.45, 2.75) is 59.2 Å². The van der Waals surface area contributed by atoms with Crippen LogP contribution in [-0.4, -0.2) is 39.5 Å². The molecule has 2 aliphatic heterocycles. The molecular weight excluding hydrogens is 396 g/mol. The number of fused-ring (bicyclic) bond motifs is 2. The molecule has 3 heterocycles. The van der Waals surface area contributed by atoms with Crippen LogP contribution >= 0.6 is 0 Å². The molecule has 1 saturated carbocycles. The fraction of sp³-hybridized carbons (Fsp3) is 0.481. The second-order valence-electron chi connectivity index (χ2n) is 11.3. The largest absolute Gasteiger partial charge is 0.350 e. The maximum Gasteiger partial charge on any atom is 0.253 e. The maximum atomic E-state index is 12.4. The first-order valence-electron chi connectivity index (χ1n) is 11.9. The fourth-order valence-electron chi connectivity index (χ4n) is 6.94. The Morgan fingerprint density at radius 1 is 1.09 bits per heavy atom. The van der Waals surface area contributed by atoms with Crippen molar-refractivity contribution in [3.63, 3.8) is 0 Å². The predicted molar refractivity (Wildman–Crippen MR) is 127 cm³/mol. The van der Waals surface area contributed by atoms with Crippen LogP contribution in [0.5, 0.6) is 0 Å². The molecule has 5 nitrogen and oxygen atoms in total. The van der Waals surface area contributed by atoms with E-state index in [9.17, 15) is 4.79 Å². The highest BCUT2D eigenvalue weighted by molar-refractivity contribution is 6.06. The number of rotatable bonds is 3. The van der Waals surface area contributed by atoms with Gasteiger partial charge in [-0.15, -0.1) is 0 Å². The van der Waals surface area contributed by atoms with E-state index in [1.54, 1.807) is 0 Å². The van der Waals surface area contributed by atoms with Crippen molar-refractivity contribution in [2.75, 3.05) is 13.1 Å². The molecule has 1 N–H and O–H groups in total. The van der Waals surface area contributed by atoms with Crippen molar-refractivity contribution in [2.24, 2.45) is 10.8 Å². The summed E-state index contributed by atoms with van der Waals surface area (Å²) in [6.45, 7) is 10.9. The molecule has 32 heavy (non-hydrogen) atoms. The Labute approximate surface area is 189 Å². The van der Waals surface area contributed by atoms with Crippen LogP contribution < -0.4 is 5.32 Å². The quantitative estimate of drug-likeness (QED) is 0.649. The first-order valence-corrected chi connectivity index (χ1v) is 11.9. The van der Waals surface area contributed by atoms with Crippen LogP contribution in [0.2, 0.25) is 0 Å². The topological polar surface area (TPSA) is 50.2 Å². The third-order valence-corrected chi connectivity index (χ3v) is 7.75. The molecule has 166 valence electrons. The second-order valence-corrected chi connectivity index (χ2v) is 11.3. The van der Waals surface area contributed by atoms with Gasteiger partial charge in [0.05, 0.1) is 16.6 Å². The molecule has 0 radical (unpaired) electrons. The van der Waals surface area contributed by atoms with Crippen LogP contribution in [-0.2, 0) is 13.1 Å². The molecule has 3 aliphatic rings. The summed E-state index contributed by atoms with van der Waals surface area (Å²) >= 11 is 0. The van der Waals surface area contributed by atoms with Crippen LogP contribution in [0.15, 0.2) is 42.5 Å². The Bertz CT molecular complexity index is 1210. The molecule has 6 rings (SSSR count). The van der Waals surface area contributed by atoms with E-state index in [1.807, 2.05) is 18.2 Å².